The van der Waals surface area contributed by atoms with E-state index in [2.05, 4.69) is 31.9 Å². The number of thiazole rings is 1. The van der Waals surface area contributed by atoms with Gasteiger partial charge in [0, 0.05) is 24.8 Å². The van der Waals surface area contributed by atoms with E-state index in [0.717, 1.165) is 47.8 Å². The van der Waals surface area contributed by atoms with Gasteiger partial charge in [-0.15, -0.1) is 0 Å². The van der Waals surface area contributed by atoms with Gasteiger partial charge >= 0.3 is 0 Å². The van der Waals surface area contributed by atoms with Gasteiger partial charge in [-0.05, 0) is 32.5 Å². The molecule has 1 saturated heterocycles. The molecule has 1 aliphatic rings. The first-order valence-corrected chi connectivity index (χ1v) is 10.7. The number of anilines is 3. The van der Waals surface area contributed by atoms with Crippen LogP contribution >= 0.6 is 11.3 Å². The SMILES string of the molecule is C=N[C@H]1CCCN(c2ccncc2NC(=O)c2nc(-c3ccc(C)cc3)sc2N)C1. The van der Waals surface area contributed by atoms with E-state index in [0.29, 0.717) is 10.7 Å². The van der Waals surface area contributed by atoms with Gasteiger partial charge in [0.15, 0.2) is 5.69 Å². The Kier molecular flexibility index (Phi) is 5.76. The minimum absolute atomic E-state index is 0.196. The fraction of sp³-hybridized carbons (Fsp3) is 0.273. The second-order valence-corrected chi connectivity index (χ2v) is 8.40. The first-order valence-electron chi connectivity index (χ1n) is 9.84. The number of aromatic nitrogens is 2. The number of carbonyl (C=O) groups excluding carboxylic acids is 1. The van der Waals surface area contributed by atoms with Crippen LogP contribution in [0, 0.1) is 6.92 Å². The number of aryl methyl sites for hydroxylation is 1. The molecule has 8 heteroatoms. The molecule has 154 valence electrons. The monoisotopic (exact) mass is 420 g/mol. The van der Waals surface area contributed by atoms with Crippen LogP contribution in [0.5, 0.6) is 0 Å². The van der Waals surface area contributed by atoms with Crippen LogP contribution in [0.25, 0.3) is 10.6 Å². The third kappa shape index (κ3) is 4.18. The van der Waals surface area contributed by atoms with Gasteiger partial charge in [-0.25, -0.2) is 4.98 Å². The lowest BCUT2D eigenvalue weighted by Crippen LogP contribution is -2.38. The maximum atomic E-state index is 13.0. The zero-order valence-corrected chi connectivity index (χ0v) is 17.7. The Bertz CT molecular complexity index is 1060. The summed E-state index contributed by atoms with van der Waals surface area (Å²) >= 11 is 1.31. The second kappa shape index (κ2) is 8.62. The summed E-state index contributed by atoms with van der Waals surface area (Å²) < 4.78 is 0. The van der Waals surface area contributed by atoms with Crippen LogP contribution in [-0.4, -0.2) is 41.7 Å². The average molecular weight is 421 g/mol. The largest absolute Gasteiger partial charge is 0.389 e. The average Bonchev–Trinajstić information content (AvgIpc) is 3.16. The van der Waals surface area contributed by atoms with Crippen molar-refractivity contribution in [2.75, 3.05) is 29.0 Å². The van der Waals surface area contributed by atoms with Crippen molar-refractivity contribution in [2.45, 2.75) is 25.8 Å². The van der Waals surface area contributed by atoms with Crippen molar-refractivity contribution in [3.8, 4) is 10.6 Å². The van der Waals surface area contributed by atoms with E-state index >= 15 is 0 Å². The molecule has 1 aliphatic heterocycles. The summed E-state index contributed by atoms with van der Waals surface area (Å²) in [5.74, 6) is -0.341. The molecule has 7 nitrogen and oxygen atoms in total. The molecule has 3 aromatic rings. The van der Waals surface area contributed by atoms with Crippen LogP contribution in [0.4, 0.5) is 16.4 Å². The molecule has 0 spiro atoms. The Hall–Kier alpha value is -3.26. The molecule has 1 aromatic carbocycles. The second-order valence-electron chi connectivity index (χ2n) is 7.37. The number of aliphatic imine (C=N–C) groups is 1. The minimum atomic E-state index is -0.341. The van der Waals surface area contributed by atoms with Gasteiger partial charge in [-0.1, -0.05) is 41.2 Å². The summed E-state index contributed by atoms with van der Waals surface area (Å²) in [7, 11) is 0. The number of nitrogen functional groups attached to an aromatic ring is 1. The van der Waals surface area contributed by atoms with E-state index in [1.807, 2.05) is 37.3 Å². The maximum Gasteiger partial charge on any atom is 0.277 e. The van der Waals surface area contributed by atoms with Crippen molar-refractivity contribution in [2.24, 2.45) is 4.99 Å². The Labute approximate surface area is 179 Å². The number of nitrogens with zero attached hydrogens (tertiary/aromatic N) is 4. The zero-order chi connectivity index (χ0) is 21.1. The molecule has 1 atom stereocenters. The summed E-state index contributed by atoms with van der Waals surface area (Å²) in [6, 6.07) is 10.1. The standard InChI is InChI=1S/C22H24N6OS/c1-14-5-7-15(8-6-14)22-27-19(20(23)30-22)21(29)26-17-12-25-10-9-18(17)28-11-3-4-16(13-28)24-2/h5-10,12,16H,2-4,11,13,23H2,1H3,(H,26,29)/t16-/m0/s1. The van der Waals surface area contributed by atoms with E-state index in [4.69, 9.17) is 5.73 Å². The number of amides is 1. The summed E-state index contributed by atoms with van der Waals surface area (Å²) in [6.07, 6.45) is 5.44. The van der Waals surface area contributed by atoms with Gasteiger partial charge in [0.25, 0.3) is 5.91 Å². The molecule has 1 fully saturated rings. The number of nitrogens with two attached hydrogens (primary N) is 1. The van der Waals surface area contributed by atoms with Gasteiger partial charge in [0.05, 0.1) is 23.6 Å². The normalized spacial score (nSPS) is 16.3. The summed E-state index contributed by atoms with van der Waals surface area (Å²) in [6.45, 7) is 7.38. The van der Waals surface area contributed by atoms with Crippen LogP contribution in [0.1, 0.15) is 28.9 Å². The molecular weight excluding hydrogens is 396 g/mol. The van der Waals surface area contributed by atoms with Gasteiger partial charge in [-0.2, -0.15) is 0 Å². The van der Waals surface area contributed by atoms with Crippen molar-refractivity contribution < 1.29 is 4.79 Å². The molecule has 0 radical (unpaired) electrons. The highest BCUT2D eigenvalue weighted by molar-refractivity contribution is 7.19. The van der Waals surface area contributed by atoms with Crippen molar-refractivity contribution in [1.29, 1.82) is 0 Å². The smallest absolute Gasteiger partial charge is 0.277 e. The van der Waals surface area contributed by atoms with E-state index < -0.39 is 0 Å². The van der Waals surface area contributed by atoms with Gasteiger partial charge in [0.2, 0.25) is 0 Å². The predicted octanol–water partition coefficient (Wildman–Crippen LogP) is 4.02. The lowest BCUT2D eigenvalue weighted by Gasteiger charge is -2.33. The van der Waals surface area contributed by atoms with Crippen molar-refractivity contribution >= 4 is 40.3 Å². The molecule has 4 rings (SSSR count). The first kappa shape index (κ1) is 20.0. The molecule has 1 amide bonds. The third-order valence-corrected chi connectivity index (χ3v) is 6.14. The van der Waals surface area contributed by atoms with Gasteiger partial charge in [0.1, 0.15) is 10.0 Å². The fourth-order valence-electron chi connectivity index (χ4n) is 3.58. The quantitative estimate of drug-likeness (QED) is 0.608. The number of piperidine rings is 1. The molecule has 2 aromatic heterocycles. The van der Waals surface area contributed by atoms with E-state index in [1.54, 1.807) is 12.4 Å². The lowest BCUT2D eigenvalue weighted by molar-refractivity contribution is 0.102. The zero-order valence-electron chi connectivity index (χ0n) is 16.8. The van der Waals surface area contributed by atoms with E-state index in [1.165, 1.54) is 11.3 Å². The molecule has 0 bridgehead atoms. The summed E-state index contributed by atoms with van der Waals surface area (Å²) in [5, 5.41) is 4.06. The van der Waals surface area contributed by atoms with E-state index in [-0.39, 0.29) is 17.6 Å². The number of carbonyl (C=O) groups is 1. The topological polar surface area (TPSA) is 96.5 Å². The van der Waals surface area contributed by atoms with Crippen LogP contribution in [0.15, 0.2) is 47.7 Å². The van der Waals surface area contributed by atoms with Crippen LogP contribution in [0.3, 0.4) is 0 Å². The molecule has 3 N–H and O–H groups in total. The number of benzene rings is 1. The number of rotatable bonds is 5. The highest BCUT2D eigenvalue weighted by Gasteiger charge is 2.23. The van der Waals surface area contributed by atoms with Crippen LogP contribution < -0.4 is 16.0 Å². The van der Waals surface area contributed by atoms with Crippen molar-refractivity contribution in [3.05, 3.63) is 54.0 Å². The Morgan fingerprint density at radius 3 is 2.90 bits per heavy atom. The maximum absolute atomic E-state index is 13.0. The van der Waals surface area contributed by atoms with Crippen LogP contribution in [-0.2, 0) is 0 Å². The molecule has 0 aliphatic carbocycles. The molecule has 0 saturated carbocycles. The minimum Gasteiger partial charge on any atom is -0.389 e. The van der Waals surface area contributed by atoms with E-state index in [9.17, 15) is 4.79 Å². The Morgan fingerprint density at radius 2 is 2.13 bits per heavy atom. The Morgan fingerprint density at radius 1 is 1.33 bits per heavy atom. The number of pyridine rings is 1. The molecular formula is C22H24N6OS. The fourth-order valence-corrected chi connectivity index (χ4v) is 4.41. The lowest BCUT2D eigenvalue weighted by atomic mass is 10.1. The molecule has 30 heavy (non-hydrogen) atoms. The predicted molar refractivity (Wildman–Crippen MR) is 124 cm³/mol. The summed E-state index contributed by atoms with van der Waals surface area (Å²) in [5.41, 5.74) is 10.0. The van der Waals surface area contributed by atoms with Crippen molar-refractivity contribution in [1.82, 2.24) is 9.97 Å². The van der Waals surface area contributed by atoms with Gasteiger partial charge < -0.3 is 16.0 Å². The number of nitrogens with one attached hydrogen (secondary N) is 1. The number of hydrogen-bond acceptors (Lipinski definition) is 7. The third-order valence-electron chi connectivity index (χ3n) is 5.21. The van der Waals surface area contributed by atoms with Crippen LogP contribution in [0.2, 0.25) is 0 Å². The Balaban J connectivity index is 1.56. The number of hydrogen-bond donors (Lipinski definition) is 2. The first-order chi connectivity index (χ1) is 14.5. The molecule has 3 heterocycles. The summed E-state index contributed by atoms with van der Waals surface area (Å²) in [4.78, 5) is 28.0. The highest BCUT2D eigenvalue weighted by atomic mass is 32.1. The van der Waals surface area contributed by atoms with Crippen molar-refractivity contribution in [3.63, 3.8) is 0 Å². The van der Waals surface area contributed by atoms with Gasteiger partial charge in [-0.3, -0.25) is 14.8 Å². The molecule has 0 unspecified atom stereocenters. The highest BCUT2D eigenvalue weighted by Crippen LogP contribution is 2.32.